The summed E-state index contributed by atoms with van der Waals surface area (Å²) in [5.41, 5.74) is 0.770. The van der Waals surface area contributed by atoms with E-state index in [9.17, 15) is 13.6 Å². The first-order valence-corrected chi connectivity index (χ1v) is 11.2. The third-order valence-corrected chi connectivity index (χ3v) is 5.85. The molecule has 1 aromatic heterocycles. The van der Waals surface area contributed by atoms with Crippen molar-refractivity contribution in [3.63, 3.8) is 0 Å². The minimum Gasteiger partial charge on any atom is -0.497 e. The average molecular weight is 468 g/mol. The summed E-state index contributed by atoms with van der Waals surface area (Å²) in [6.07, 6.45) is 4.94. The summed E-state index contributed by atoms with van der Waals surface area (Å²) in [6, 6.07) is 10.2. The quantitative estimate of drug-likeness (QED) is 0.575. The van der Waals surface area contributed by atoms with Gasteiger partial charge in [-0.3, -0.25) is 9.69 Å². The molecule has 2 aromatic carbocycles. The predicted octanol–water partition coefficient (Wildman–Crippen LogP) is 3.63. The van der Waals surface area contributed by atoms with E-state index in [0.717, 1.165) is 61.4 Å². The molecule has 1 aliphatic rings. The first kappa shape index (κ1) is 23.6. The highest BCUT2D eigenvalue weighted by atomic mass is 19.1. The van der Waals surface area contributed by atoms with Crippen LogP contribution in [0.5, 0.6) is 5.75 Å². The maximum absolute atomic E-state index is 13.9. The van der Waals surface area contributed by atoms with Crippen molar-refractivity contribution in [2.45, 2.75) is 25.9 Å². The molecule has 1 atom stereocenters. The maximum Gasteiger partial charge on any atom is 0.254 e. The molecule has 9 heteroatoms. The number of amides is 1. The van der Waals surface area contributed by atoms with Crippen molar-refractivity contribution in [3.8, 4) is 5.75 Å². The predicted molar refractivity (Wildman–Crippen MR) is 124 cm³/mol. The summed E-state index contributed by atoms with van der Waals surface area (Å²) in [5.74, 6) is 0.127. The molecule has 178 valence electrons. The van der Waals surface area contributed by atoms with Crippen LogP contribution in [0.3, 0.4) is 0 Å². The van der Waals surface area contributed by atoms with Crippen LogP contribution >= 0.6 is 0 Å². The topological polar surface area (TPSA) is 72.3 Å². The van der Waals surface area contributed by atoms with Gasteiger partial charge in [0.25, 0.3) is 5.91 Å². The minimum atomic E-state index is -0.774. The Hall–Kier alpha value is -3.59. The smallest absolute Gasteiger partial charge is 0.254 e. The van der Waals surface area contributed by atoms with Gasteiger partial charge in [0.1, 0.15) is 23.2 Å². The number of benzene rings is 2. The van der Waals surface area contributed by atoms with Crippen LogP contribution in [0.1, 0.15) is 40.5 Å². The number of hydrogen-bond donors (Lipinski definition) is 1. The molecule has 0 saturated heterocycles. The van der Waals surface area contributed by atoms with Crippen LogP contribution in [0.25, 0.3) is 6.08 Å². The van der Waals surface area contributed by atoms with Gasteiger partial charge in [-0.05, 0) is 42.8 Å². The number of nitrogens with zero attached hydrogens (tertiary/aromatic N) is 4. The summed E-state index contributed by atoms with van der Waals surface area (Å²) >= 11 is 0. The normalized spacial score (nSPS) is 15.1. The maximum atomic E-state index is 13.9. The Morgan fingerprint density at radius 1 is 1.15 bits per heavy atom. The molecule has 1 amide bonds. The lowest BCUT2D eigenvalue weighted by Crippen LogP contribution is -2.31. The minimum absolute atomic E-state index is 0.336. The molecular formula is C25H27F2N5O2. The molecule has 1 N–H and O–H groups in total. The van der Waals surface area contributed by atoms with E-state index in [-0.39, 0.29) is 5.56 Å². The fraction of sp³-hybridized carbons (Fsp3) is 0.320. The van der Waals surface area contributed by atoms with Gasteiger partial charge in [0, 0.05) is 32.6 Å². The van der Waals surface area contributed by atoms with Crippen molar-refractivity contribution in [2.24, 2.45) is 0 Å². The second kappa shape index (κ2) is 10.6. The van der Waals surface area contributed by atoms with Crippen LogP contribution < -0.4 is 10.1 Å². The van der Waals surface area contributed by atoms with Gasteiger partial charge in [0.15, 0.2) is 5.82 Å². The third-order valence-electron chi connectivity index (χ3n) is 5.85. The second-order valence-electron chi connectivity index (χ2n) is 8.17. The molecule has 34 heavy (non-hydrogen) atoms. The van der Waals surface area contributed by atoms with Gasteiger partial charge >= 0.3 is 0 Å². The molecule has 1 aliphatic heterocycles. The van der Waals surface area contributed by atoms with E-state index >= 15 is 0 Å². The standard InChI is InChI=1S/C25H27F2N5O2/c1-17(28-25(33)21-16-19(26)7-10-22(21)27)24-30-29-23-11-13-31(14-15-32(23)24)12-3-4-18-5-8-20(34-2)9-6-18/h3-10,16-17H,11-15H2,1-2H3,(H,28,33). The van der Waals surface area contributed by atoms with E-state index in [2.05, 4.69) is 32.6 Å². The zero-order valence-electron chi connectivity index (χ0n) is 19.2. The number of methoxy groups -OCH3 is 1. The third kappa shape index (κ3) is 5.48. The van der Waals surface area contributed by atoms with Crippen molar-refractivity contribution >= 4 is 12.0 Å². The zero-order chi connectivity index (χ0) is 24.1. The summed E-state index contributed by atoms with van der Waals surface area (Å²) in [4.78, 5) is 14.8. The van der Waals surface area contributed by atoms with Gasteiger partial charge in [0.05, 0.1) is 18.7 Å². The molecule has 0 bridgehead atoms. The van der Waals surface area contributed by atoms with E-state index in [1.165, 1.54) is 0 Å². The van der Waals surface area contributed by atoms with Gasteiger partial charge in [0.2, 0.25) is 0 Å². The van der Waals surface area contributed by atoms with E-state index in [4.69, 9.17) is 4.74 Å². The Morgan fingerprint density at radius 2 is 1.94 bits per heavy atom. The molecule has 0 saturated carbocycles. The Morgan fingerprint density at radius 3 is 2.71 bits per heavy atom. The molecule has 0 radical (unpaired) electrons. The highest BCUT2D eigenvalue weighted by Crippen LogP contribution is 2.18. The fourth-order valence-electron chi connectivity index (χ4n) is 3.96. The highest BCUT2D eigenvalue weighted by molar-refractivity contribution is 5.94. The lowest BCUT2D eigenvalue weighted by molar-refractivity contribution is 0.0933. The number of fused-ring (bicyclic) bond motifs is 1. The molecule has 0 aliphatic carbocycles. The molecular weight excluding hydrogens is 440 g/mol. The van der Waals surface area contributed by atoms with Crippen LogP contribution in [0.2, 0.25) is 0 Å². The van der Waals surface area contributed by atoms with Gasteiger partial charge in [-0.2, -0.15) is 0 Å². The molecule has 0 spiro atoms. The Bertz CT molecular complexity index is 1180. The van der Waals surface area contributed by atoms with Crippen LogP contribution in [-0.2, 0) is 13.0 Å². The van der Waals surface area contributed by atoms with Gasteiger partial charge in [-0.15, -0.1) is 10.2 Å². The van der Waals surface area contributed by atoms with E-state index in [1.54, 1.807) is 14.0 Å². The first-order chi connectivity index (χ1) is 16.4. The largest absolute Gasteiger partial charge is 0.497 e. The molecule has 2 heterocycles. The number of ether oxygens (including phenoxy) is 1. The number of aromatic nitrogens is 3. The zero-order valence-corrected chi connectivity index (χ0v) is 19.2. The van der Waals surface area contributed by atoms with Crippen molar-refractivity contribution in [2.75, 3.05) is 26.7 Å². The molecule has 3 aromatic rings. The molecule has 7 nitrogen and oxygen atoms in total. The number of halogens is 2. The molecule has 0 fully saturated rings. The van der Waals surface area contributed by atoms with E-state index in [0.29, 0.717) is 12.4 Å². The van der Waals surface area contributed by atoms with Crippen molar-refractivity contribution in [1.29, 1.82) is 0 Å². The van der Waals surface area contributed by atoms with Gasteiger partial charge in [-0.25, -0.2) is 8.78 Å². The molecule has 1 unspecified atom stereocenters. The Labute approximate surface area is 197 Å². The highest BCUT2D eigenvalue weighted by Gasteiger charge is 2.23. The second-order valence-corrected chi connectivity index (χ2v) is 8.17. The average Bonchev–Trinajstić information content (AvgIpc) is 3.14. The summed E-state index contributed by atoms with van der Waals surface area (Å²) in [6.45, 7) is 4.85. The number of rotatable bonds is 7. The SMILES string of the molecule is COc1ccc(C=CCN2CCc3nnc(C(C)NC(=O)c4cc(F)ccc4F)n3CC2)cc1. The lowest BCUT2D eigenvalue weighted by atomic mass is 10.1. The first-order valence-electron chi connectivity index (χ1n) is 11.2. The van der Waals surface area contributed by atoms with Gasteiger partial charge in [-0.1, -0.05) is 24.3 Å². The monoisotopic (exact) mass is 467 g/mol. The van der Waals surface area contributed by atoms with E-state index in [1.807, 2.05) is 28.8 Å². The fourth-order valence-corrected chi connectivity index (χ4v) is 3.96. The van der Waals surface area contributed by atoms with Crippen molar-refractivity contribution in [3.05, 3.63) is 83.0 Å². The van der Waals surface area contributed by atoms with Crippen molar-refractivity contribution < 1.29 is 18.3 Å². The summed E-state index contributed by atoms with van der Waals surface area (Å²) < 4.78 is 34.6. The number of carbonyl (C=O) groups is 1. The van der Waals surface area contributed by atoms with Crippen LogP contribution in [-0.4, -0.2) is 52.3 Å². The Balaban J connectivity index is 1.36. The van der Waals surface area contributed by atoms with Crippen LogP contribution in [0.4, 0.5) is 8.78 Å². The summed E-state index contributed by atoms with van der Waals surface area (Å²) in [7, 11) is 1.65. The lowest BCUT2D eigenvalue weighted by Gasteiger charge is -2.18. The molecule has 4 rings (SSSR count). The van der Waals surface area contributed by atoms with Crippen LogP contribution in [0.15, 0.2) is 48.5 Å². The van der Waals surface area contributed by atoms with Crippen molar-refractivity contribution in [1.82, 2.24) is 25.0 Å². The number of hydrogen-bond acceptors (Lipinski definition) is 5. The number of nitrogens with one attached hydrogen (secondary N) is 1. The summed E-state index contributed by atoms with van der Waals surface area (Å²) in [5, 5.41) is 11.3. The van der Waals surface area contributed by atoms with Gasteiger partial charge < -0.3 is 14.6 Å². The van der Waals surface area contributed by atoms with E-state index < -0.39 is 23.6 Å². The number of carbonyl (C=O) groups excluding carboxylic acids is 1. The Kier molecular flexibility index (Phi) is 7.32. The van der Waals surface area contributed by atoms with Crippen LogP contribution in [0, 0.1) is 11.6 Å².